The predicted octanol–water partition coefficient (Wildman–Crippen LogP) is 4.07. The monoisotopic (exact) mass is 612 g/mol. The Labute approximate surface area is 265 Å². The second-order valence-electron chi connectivity index (χ2n) is 12.6. The number of hydrazine groups is 1. The van der Waals surface area contributed by atoms with Crippen LogP contribution in [0.15, 0.2) is 72.0 Å². The molecule has 0 radical (unpaired) electrons. The van der Waals surface area contributed by atoms with E-state index in [0.29, 0.717) is 48.5 Å². The van der Waals surface area contributed by atoms with Gasteiger partial charge in [-0.3, -0.25) is 25.0 Å². The summed E-state index contributed by atoms with van der Waals surface area (Å²) in [5.41, 5.74) is 7.10. The Hall–Kier alpha value is -4.06. The fourth-order valence-electron chi connectivity index (χ4n) is 7.67. The molecule has 4 saturated heterocycles. The van der Waals surface area contributed by atoms with Gasteiger partial charge in [0, 0.05) is 69.1 Å². The van der Waals surface area contributed by atoms with Crippen molar-refractivity contribution in [3.8, 4) is 5.75 Å². The molecule has 4 fully saturated rings. The number of piperazine rings is 1. The average molecular weight is 613 g/mol. The van der Waals surface area contributed by atoms with E-state index in [2.05, 4.69) is 68.3 Å². The summed E-state index contributed by atoms with van der Waals surface area (Å²) >= 11 is 0. The van der Waals surface area contributed by atoms with Gasteiger partial charge in [-0.2, -0.15) is 0 Å². The van der Waals surface area contributed by atoms with Crippen LogP contribution in [0, 0.1) is 0 Å². The normalized spacial score (nSPS) is 25.5. The number of hydroxylamine groups is 2. The van der Waals surface area contributed by atoms with Gasteiger partial charge in [0.15, 0.2) is 5.82 Å². The topological polar surface area (TPSA) is 88.1 Å². The molecule has 3 atom stereocenters. The number of benzene rings is 2. The first-order valence-electron chi connectivity index (χ1n) is 16.1. The van der Waals surface area contributed by atoms with Crippen molar-refractivity contribution in [2.24, 2.45) is 4.99 Å². The molecular formula is C34H44N8O3. The molecule has 5 aliphatic rings. The fraction of sp³-hybridized carbons (Fsp3) is 0.471. The second-order valence-corrected chi connectivity index (χ2v) is 12.6. The minimum atomic E-state index is -0.251. The van der Waals surface area contributed by atoms with Crippen molar-refractivity contribution >= 4 is 29.2 Å². The largest absolute Gasteiger partial charge is 0.494 e. The third-order valence-corrected chi connectivity index (χ3v) is 9.99. The van der Waals surface area contributed by atoms with E-state index < -0.39 is 0 Å². The Balaban J connectivity index is 1.11. The molecule has 45 heavy (non-hydrogen) atoms. The standard InChI is InChI=1S/C34H44N8O3/c1-4-33(43)36-28-19-29(37-41-23-35-14-10-34(41)42-30(13-17-45-42)24-8-6-5-7-9-24)32(44-3)20-31(28)39-15-11-25(12-16-39)40-22-26-18-27(40)21-38(26)2/h4-10,14,19-20,25-27,30,37H,1,11-13,15-18,21-23H2,2-3H3,(H,36,43)/t26?,27?,30-/m1/s1. The van der Waals surface area contributed by atoms with Crippen molar-refractivity contribution in [3.63, 3.8) is 0 Å². The lowest BCUT2D eigenvalue weighted by Crippen LogP contribution is -2.52. The van der Waals surface area contributed by atoms with Crippen molar-refractivity contribution in [3.05, 3.63) is 72.6 Å². The Kier molecular flexibility index (Phi) is 8.39. The van der Waals surface area contributed by atoms with Gasteiger partial charge in [-0.1, -0.05) is 36.9 Å². The van der Waals surface area contributed by atoms with Crippen molar-refractivity contribution in [1.82, 2.24) is 19.9 Å². The number of hydrogen-bond acceptors (Lipinski definition) is 10. The third-order valence-electron chi connectivity index (χ3n) is 9.99. The van der Waals surface area contributed by atoms with Crippen molar-refractivity contribution in [2.45, 2.75) is 49.9 Å². The summed E-state index contributed by atoms with van der Waals surface area (Å²) in [6.45, 7) is 8.91. The number of amides is 1. The molecule has 11 heteroatoms. The van der Waals surface area contributed by atoms with Crippen LogP contribution in [0.5, 0.6) is 5.75 Å². The van der Waals surface area contributed by atoms with Gasteiger partial charge in [-0.05, 0) is 44.0 Å². The Morgan fingerprint density at radius 2 is 1.89 bits per heavy atom. The summed E-state index contributed by atoms with van der Waals surface area (Å²) in [6.07, 6.45) is 9.45. The zero-order chi connectivity index (χ0) is 30.9. The molecule has 0 aliphatic carbocycles. The van der Waals surface area contributed by atoms with Gasteiger partial charge in [0.2, 0.25) is 5.91 Å². The number of nitrogens with one attached hydrogen (secondary N) is 2. The van der Waals surface area contributed by atoms with Crippen LogP contribution in [0.4, 0.5) is 17.1 Å². The number of methoxy groups -OCH3 is 1. The van der Waals surface area contributed by atoms with Crippen molar-refractivity contribution < 1.29 is 14.4 Å². The lowest BCUT2D eigenvalue weighted by Gasteiger charge is -2.43. The van der Waals surface area contributed by atoms with E-state index in [1.54, 1.807) is 7.11 Å². The van der Waals surface area contributed by atoms with E-state index in [9.17, 15) is 4.79 Å². The van der Waals surface area contributed by atoms with Gasteiger partial charge in [0.05, 0.1) is 36.8 Å². The van der Waals surface area contributed by atoms with E-state index in [-0.39, 0.29) is 11.9 Å². The molecule has 0 spiro atoms. The average Bonchev–Trinajstić information content (AvgIpc) is 3.82. The molecule has 2 aromatic carbocycles. The van der Waals surface area contributed by atoms with Crippen LogP contribution < -0.4 is 20.4 Å². The Morgan fingerprint density at radius 3 is 2.60 bits per heavy atom. The lowest BCUT2D eigenvalue weighted by molar-refractivity contribution is -0.120. The third kappa shape index (κ3) is 5.87. The molecule has 11 nitrogen and oxygen atoms in total. The molecular weight excluding hydrogens is 568 g/mol. The maximum atomic E-state index is 12.6. The minimum absolute atomic E-state index is 0.0829. The van der Waals surface area contributed by atoms with Gasteiger partial charge in [0.25, 0.3) is 0 Å². The van der Waals surface area contributed by atoms with Gasteiger partial charge in [-0.25, -0.2) is 10.1 Å². The summed E-state index contributed by atoms with van der Waals surface area (Å²) in [5, 5.41) is 6.98. The summed E-state index contributed by atoms with van der Waals surface area (Å²) in [7, 11) is 3.94. The molecule has 0 saturated carbocycles. The highest BCUT2D eigenvalue weighted by molar-refractivity contribution is 6.02. The van der Waals surface area contributed by atoms with Gasteiger partial charge in [0.1, 0.15) is 12.4 Å². The number of hydrogen-bond donors (Lipinski definition) is 2. The van der Waals surface area contributed by atoms with Crippen molar-refractivity contribution in [2.75, 3.05) is 69.3 Å². The van der Waals surface area contributed by atoms with Gasteiger partial charge in [-0.15, -0.1) is 0 Å². The number of nitrogens with zero attached hydrogens (tertiary/aromatic N) is 6. The van der Waals surface area contributed by atoms with Crippen LogP contribution in [-0.2, 0) is 9.63 Å². The molecule has 0 aromatic heterocycles. The summed E-state index contributed by atoms with van der Waals surface area (Å²) in [4.78, 5) is 30.9. The SMILES string of the molecule is C=CC(=O)Nc1cc(NN2CN=CC=C2N2OCC[C@@H]2c2ccccc2)c(OC)cc1N1CCC(N2CC3CC2CN3C)CC1. The Morgan fingerprint density at radius 1 is 1.07 bits per heavy atom. The number of anilines is 3. The molecule has 1 amide bonds. The van der Waals surface area contributed by atoms with E-state index in [1.165, 1.54) is 31.1 Å². The van der Waals surface area contributed by atoms with E-state index >= 15 is 0 Å². The number of likely N-dealkylation sites (tertiary alicyclic amines) is 2. The fourth-order valence-corrected chi connectivity index (χ4v) is 7.67. The van der Waals surface area contributed by atoms with Crippen molar-refractivity contribution in [1.29, 1.82) is 0 Å². The van der Waals surface area contributed by atoms with Crippen LogP contribution >= 0.6 is 0 Å². The first-order chi connectivity index (χ1) is 22.0. The summed E-state index contributed by atoms with van der Waals surface area (Å²) < 4.78 is 5.94. The van der Waals surface area contributed by atoms with E-state index in [4.69, 9.17) is 9.57 Å². The number of rotatable bonds is 9. The number of piperidine rings is 1. The maximum Gasteiger partial charge on any atom is 0.247 e. The van der Waals surface area contributed by atoms with Crippen LogP contribution in [0.3, 0.4) is 0 Å². The van der Waals surface area contributed by atoms with E-state index in [1.807, 2.05) is 40.6 Å². The molecule has 2 N–H and O–H groups in total. The highest BCUT2D eigenvalue weighted by Crippen LogP contribution is 2.41. The molecule has 5 heterocycles. The number of fused-ring (bicyclic) bond motifs is 2. The predicted molar refractivity (Wildman–Crippen MR) is 177 cm³/mol. The van der Waals surface area contributed by atoms with Gasteiger partial charge < -0.3 is 19.9 Å². The zero-order valence-corrected chi connectivity index (χ0v) is 26.3. The van der Waals surface area contributed by atoms with Crippen LogP contribution in [0.1, 0.15) is 37.3 Å². The van der Waals surface area contributed by atoms with Crippen LogP contribution in [-0.4, -0.2) is 104 Å². The number of ether oxygens (including phenoxy) is 1. The second kappa shape index (κ2) is 12.7. The first kappa shape index (κ1) is 29.6. The zero-order valence-electron chi connectivity index (χ0n) is 26.3. The Bertz CT molecular complexity index is 1450. The number of allylic oxidation sites excluding steroid dienone is 1. The smallest absolute Gasteiger partial charge is 0.247 e. The quantitative estimate of drug-likeness (QED) is 0.407. The molecule has 7 rings (SSSR count). The highest BCUT2D eigenvalue weighted by atomic mass is 16.7. The minimum Gasteiger partial charge on any atom is -0.494 e. The number of carbonyl (C=O) groups is 1. The first-order valence-corrected chi connectivity index (χ1v) is 16.1. The lowest BCUT2D eigenvalue weighted by atomic mass is 10.0. The number of aliphatic imine (C=N–C) groups is 1. The van der Waals surface area contributed by atoms with Crippen LogP contribution in [0.2, 0.25) is 0 Å². The number of likely N-dealkylation sites (N-methyl/N-ethyl adjacent to an activating group) is 1. The molecule has 2 aromatic rings. The highest BCUT2D eigenvalue weighted by Gasteiger charge is 2.44. The molecule has 2 bridgehead atoms. The maximum absolute atomic E-state index is 12.6. The molecule has 2 unspecified atom stereocenters. The summed E-state index contributed by atoms with van der Waals surface area (Å²) in [6, 6.07) is 16.5. The summed E-state index contributed by atoms with van der Waals surface area (Å²) in [5.74, 6) is 1.28. The van der Waals surface area contributed by atoms with Gasteiger partial charge >= 0.3 is 0 Å². The molecule has 238 valence electrons. The van der Waals surface area contributed by atoms with Crippen LogP contribution in [0.25, 0.3) is 0 Å². The van der Waals surface area contributed by atoms with E-state index in [0.717, 1.165) is 43.9 Å². The molecule has 5 aliphatic heterocycles. The number of carbonyl (C=O) groups excluding carboxylic acids is 1.